The van der Waals surface area contributed by atoms with Gasteiger partial charge in [0.2, 0.25) is 5.95 Å². The van der Waals surface area contributed by atoms with Gasteiger partial charge in [-0.05, 0) is 18.2 Å². The van der Waals surface area contributed by atoms with E-state index in [4.69, 9.17) is 5.73 Å². The van der Waals surface area contributed by atoms with E-state index in [-0.39, 0.29) is 0 Å². The van der Waals surface area contributed by atoms with Crippen molar-refractivity contribution in [3.8, 4) is 0 Å². The van der Waals surface area contributed by atoms with Crippen molar-refractivity contribution in [3.05, 3.63) is 18.2 Å². The largest absolute Gasteiger partial charge is 0.399 e. The quantitative estimate of drug-likeness (QED) is 0.688. The molecule has 0 aliphatic heterocycles. The lowest BCUT2D eigenvalue weighted by Gasteiger charge is -2.10. The van der Waals surface area contributed by atoms with Crippen molar-refractivity contribution in [1.29, 1.82) is 0 Å². The van der Waals surface area contributed by atoms with Crippen LogP contribution in [-0.4, -0.2) is 23.6 Å². The van der Waals surface area contributed by atoms with Crippen molar-refractivity contribution in [2.24, 2.45) is 7.05 Å². The Morgan fingerprint density at radius 3 is 2.71 bits per heavy atom. The second-order valence-corrected chi connectivity index (χ2v) is 3.61. The number of nitrogen functional groups attached to an aromatic ring is 1. The van der Waals surface area contributed by atoms with Gasteiger partial charge in [0.05, 0.1) is 11.0 Å². The Morgan fingerprint density at radius 2 is 2.07 bits per heavy atom. The topological polar surface area (TPSA) is 47.1 Å². The lowest BCUT2D eigenvalue weighted by Crippen LogP contribution is -2.13. The van der Waals surface area contributed by atoms with E-state index >= 15 is 0 Å². The maximum atomic E-state index is 5.72. The number of anilines is 2. The summed E-state index contributed by atoms with van der Waals surface area (Å²) in [5.74, 6) is 0.936. The standard InChI is InChI=1S/C10H14N4/c1-13(2)10-12-8-5-4-7(11)6-9(8)14(10)3/h4-6H,11H2,1-3H3. The van der Waals surface area contributed by atoms with Crippen molar-refractivity contribution in [2.45, 2.75) is 0 Å². The minimum absolute atomic E-state index is 0.769. The maximum Gasteiger partial charge on any atom is 0.205 e. The average molecular weight is 190 g/mol. The number of fused-ring (bicyclic) bond motifs is 1. The first-order valence-electron chi connectivity index (χ1n) is 4.49. The molecule has 1 heterocycles. The molecule has 0 aliphatic carbocycles. The third-order valence-corrected chi connectivity index (χ3v) is 2.28. The molecule has 2 aromatic rings. The monoisotopic (exact) mass is 190 g/mol. The second-order valence-electron chi connectivity index (χ2n) is 3.61. The Hall–Kier alpha value is -1.71. The Labute approximate surface area is 82.9 Å². The molecule has 1 aromatic heterocycles. The maximum absolute atomic E-state index is 5.72. The van der Waals surface area contributed by atoms with Crippen molar-refractivity contribution < 1.29 is 0 Å². The second kappa shape index (κ2) is 2.90. The number of nitrogens with zero attached hydrogens (tertiary/aromatic N) is 3. The van der Waals surface area contributed by atoms with Gasteiger partial charge in [-0.25, -0.2) is 4.98 Å². The smallest absolute Gasteiger partial charge is 0.205 e. The van der Waals surface area contributed by atoms with E-state index in [2.05, 4.69) is 4.98 Å². The molecule has 0 unspecified atom stereocenters. The third kappa shape index (κ3) is 1.19. The first-order valence-corrected chi connectivity index (χ1v) is 4.49. The number of rotatable bonds is 1. The van der Waals surface area contributed by atoms with Gasteiger partial charge in [0, 0.05) is 26.8 Å². The van der Waals surface area contributed by atoms with Gasteiger partial charge in [-0.2, -0.15) is 0 Å². The molecule has 0 aliphatic rings. The van der Waals surface area contributed by atoms with Gasteiger partial charge in [0.15, 0.2) is 0 Å². The predicted molar refractivity (Wildman–Crippen MR) is 59.5 cm³/mol. The number of benzene rings is 1. The fourth-order valence-corrected chi connectivity index (χ4v) is 1.59. The van der Waals surface area contributed by atoms with Gasteiger partial charge in [0.1, 0.15) is 0 Å². The summed E-state index contributed by atoms with van der Waals surface area (Å²) in [4.78, 5) is 6.47. The van der Waals surface area contributed by atoms with Crippen LogP contribution in [0.4, 0.5) is 11.6 Å². The van der Waals surface area contributed by atoms with Gasteiger partial charge in [0.25, 0.3) is 0 Å². The third-order valence-electron chi connectivity index (χ3n) is 2.28. The summed E-state index contributed by atoms with van der Waals surface area (Å²) in [5.41, 5.74) is 8.53. The van der Waals surface area contributed by atoms with E-state index in [9.17, 15) is 0 Å². The van der Waals surface area contributed by atoms with Crippen LogP contribution in [0.15, 0.2) is 18.2 Å². The number of aromatic nitrogens is 2. The molecule has 0 fully saturated rings. The number of nitrogens with two attached hydrogens (primary N) is 1. The van der Waals surface area contributed by atoms with Crippen LogP contribution in [0.25, 0.3) is 11.0 Å². The van der Waals surface area contributed by atoms with Crippen LogP contribution in [0, 0.1) is 0 Å². The number of hydrogen-bond acceptors (Lipinski definition) is 3. The zero-order valence-electron chi connectivity index (χ0n) is 8.65. The van der Waals surface area contributed by atoms with Gasteiger partial charge >= 0.3 is 0 Å². The van der Waals surface area contributed by atoms with E-state index in [1.54, 1.807) is 0 Å². The highest BCUT2D eigenvalue weighted by atomic mass is 15.3. The molecule has 0 spiro atoms. The van der Waals surface area contributed by atoms with Crippen molar-refractivity contribution in [3.63, 3.8) is 0 Å². The fraction of sp³-hybridized carbons (Fsp3) is 0.300. The molecule has 2 rings (SSSR count). The van der Waals surface area contributed by atoms with Crippen LogP contribution >= 0.6 is 0 Å². The molecule has 74 valence electrons. The van der Waals surface area contributed by atoms with E-state index in [1.807, 2.05) is 48.8 Å². The van der Waals surface area contributed by atoms with Crippen LogP contribution in [0.1, 0.15) is 0 Å². The van der Waals surface area contributed by atoms with Crippen LogP contribution in [0.3, 0.4) is 0 Å². The van der Waals surface area contributed by atoms with Crippen LogP contribution in [-0.2, 0) is 7.05 Å². The summed E-state index contributed by atoms with van der Waals surface area (Å²) < 4.78 is 2.03. The van der Waals surface area contributed by atoms with Crippen LogP contribution < -0.4 is 10.6 Å². The molecule has 4 nitrogen and oxygen atoms in total. The first-order chi connectivity index (χ1) is 6.59. The summed E-state index contributed by atoms with van der Waals surface area (Å²) >= 11 is 0. The Balaban J connectivity index is 2.74. The van der Waals surface area contributed by atoms with Gasteiger partial charge in [-0.15, -0.1) is 0 Å². The minimum atomic E-state index is 0.769. The van der Waals surface area contributed by atoms with Crippen LogP contribution in [0.2, 0.25) is 0 Å². The number of aryl methyl sites for hydroxylation is 1. The summed E-state index contributed by atoms with van der Waals surface area (Å²) in [7, 11) is 5.94. The normalized spacial score (nSPS) is 10.8. The Kier molecular flexibility index (Phi) is 1.84. The highest BCUT2D eigenvalue weighted by Gasteiger charge is 2.08. The molecule has 14 heavy (non-hydrogen) atoms. The summed E-state index contributed by atoms with van der Waals surface area (Å²) in [6.07, 6.45) is 0. The van der Waals surface area contributed by atoms with E-state index in [0.29, 0.717) is 0 Å². The number of hydrogen-bond donors (Lipinski definition) is 1. The molecule has 0 saturated carbocycles. The zero-order valence-corrected chi connectivity index (χ0v) is 8.65. The Bertz CT molecular complexity index is 470. The summed E-state index contributed by atoms with van der Waals surface area (Å²) in [6.45, 7) is 0. The Morgan fingerprint density at radius 1 is 1.36 bits per heavy atom. The van der Waals surface area contributed by atoms with Crippen molar-refractivity contribution in [2.75, 3.05) is 24.7 Å². The van der Waals surface area contributed by atoms with Crippen LogP contribution in [0.5, 0.6) is 0 Å². The minimum Gasteiger partial charge on any atom is -0.399 e. The van der Waals surface area contributed by atoms with Gasteiger partial charge in [-0.1, -0.05) is 0 Å². The lowest BCUT2D eigenvalue weighted by molar-refractivity contribution is 0.890. The van der Waals surface area contributed by atoms with E-state index in [1.165, 1.54) is 0 Å². The molecule has 2 N–H and O–H groups in total. The highest BCUT2D eigenvalue weighted by molar-refractivity contribution is 5.81. The van der Waals surface area contributed by atoms with Crippen molar-refractivity contribution >= 4 is 22.7 Å². The van der Waals surface area contributed by atoms with Crippen molar-refractivity contribution in [1.82, 2.24) is 9.55 Å². The summed E-state index contributed by atoms with van der Waals surface area (Å²) in [6, 6.07) is 5.75. The average Bonchev–Trinajstić information content (AvgIpc) is 2.44. The van der Waals surface area contributed by atoms with Gasteiger partial charge in [-0.3, -0.25) is 0 Å². The zero-order chi connectivity index (χ0) is 10.3. The highest BCUT2D eigenvalue weighted by Crippen LogP contribution is 2.21. The predicted octanol–water partition coefficient (Wildman–Crippen LogP) is 1.22. The fourth-order valence-electron chi connectivity index (χ4n) is 1.59. The molecular formula is C10H14N4. The molecular weight excluding hydrogens is 176 g/mol. The SMILES string of the molecule is CN(C)c1nc2ccc(N)cc2n1C. The van der Waals surface area contributed by atoms with E-state index < -0.39 is 0 Å². The first kappa shape index (κ1) is 8.87. The summed E-state index contributed by atoms with van der Waals surface area (Å²) in [5, 5.41) is 0. The van der Waals surface area contributed by atoms with E-state index in [0.717, 1.165) is 22.7 Å². The molecule has 0 atom stereocenters. The number of imidazole rings is 1. The lowest BCUT2D eigenvalue weighted by atomic mass is 10.3. The molecule has 4 heteroatoms. The molecule has 0 saturated heterocycles. The molecule has 1 aromatic carbocycles. The molecule has 0 bridgehead atoms. The van der Waals surface area contributed by atoms with Gasteiger partial charge < -0.3 is 15.2 Å². The molecule has 0 radical (unpaired) electrons. The molecule has 0 amide bonds.